The molecule has 0 spiro atoms. The number of anilines is 1. The van der Waals surface area contributed by atoms with E-state index in [0.717, 1.165) is 30.5 Å². The Kier molecular flexibility index (Phi) is 5.64. The molecule has 0 radical (unpaired) electrons. The minimum atomic E-state index is -0.512. The Morgan fingerprint density at radius 3 is 2.22 bits per heavy atom. The fraction of sp³-hybridized carbons (Fsp3) is 0.556. The quantitative estimate of drug-likeness (QED) is 0.869. The van der Waals surface area contributed by atoms with Gasteiger partial charge >= 0.3 is 11.8 Å². The van der Waals surface area contributed by atoms with Crippen LogP contribution in [-0.2, 0) is 16.1 Å². The SMILES string of the molecule is C[C@@H]1CCC[C@@H](C)N1C(=O)C(=O)NCc1ccc(N(C)C)cc1. The Labute approximate surface area is 138 Å². The van der Waals surface area contributed by atoms with E-state index in [9.17, 15) is 9.59 Å². The molecule has 1 saturated heterocycles. The molecule has 5 heteroatoms. The number of carbonyl (C=O) groups is 2. The minimum Gasteiger partial charge on any atom is -0.378 e. The van der Waals surface area contributed by atoms with Crippen molar-refractivity contribution in [3.8, 4) is 0 Å². The van der Waals surface area contributed by atoms with Crippen LogP contribution in [0.5, 0.6) is 0 Å². The van der Waals surface area contributed by atoms with E-state index in [-0.39, 0.29) is 12.1 Å². The van der Waals surface area contributed by atoms with Crippen LogP contribution in [0.4, 0.5) is 5.69 Å². The largest absolute Gasteiger partial charge is 0.378 e. The molecule has 1 aliphatic heterocycles. The van der Waals surface area contributed by atoms with Gasteiger partial charge in [0.1, 0.15) is 0 Å². The van der Waals surface area contributed by atoms with Crippen LogP contribution >= 0.6 is 0 Å². The second kappa shape index (κ2) is 7.49. The lowest BCUT2D eigenvalue weighted by molar-refractivity contribution is -0.150. The maximum atomic E-state index is 12.4. The molecule has 0 unspecified atom stereocenters. The summed E-state index contributed by atoms with van der Waals surface area (Å²) in [7, 11) is 3.97. The number of benzene rings is 1. The van der Waals surface area contributed by atoms with Crippen molar-refractivity contribution >= 4 is 17.5 Å². The topological polar surface area (TPSA) is 52.7 Å². The molecule has 1 aliphatic rings. The van der Waals surface area contributed by atoms with Gasteiger partial charge in [-0.05, 0) is 50.8 Å². The Hall–Kier alpha value is -2.04. The molecule has 23 heavy (non-hydrogen) atoms. The molecule has 126 valence electrons. The van der Waals surface area contributed by atoms with E-state index in [1.165, 1.54) is 0 Å². The van der Waals surface area contributed by atoms with Gasteiger partial charge in [0.2, 0.25) is 0 Å². The summed E-state index contributed by atoms with van der Waals surface area (Å²) in [5.74, 6) is -0.920. The molecule has 1 N–H and O–H groups in total. The minimum absolute atomic E-state index is 0.136. The van der Waals surface area contributed by atoms with Gasteiger partial charge in [-0.25, -0.2) is 0 Å². The van der Waals surface area contributed by atoms with Crippen LogP contribution in [0, 0.1) is 0 Å². The van der Waals surface area contributed by atoms with Crippen molar-refractivity contribution in [3.63, 3.8) is 0 Å². The molecule has 1 fully saturated rings. The summed E-state index contributed by atoms with van der Waals surface area (Å²) in [6.07, 6.45) is 3.05. The van der Waals surface area contributed by atoms with Gasteiger partial charge in [-0.2, -0.15) is 0 Å². The third kappa shape index (κ3) is 4.24. The molecule has 1 aromatic carbocycles. The molecule has 2 rings (SSSR count). The summed E-state index contributed by atoms with van der Waals surface area (Å²) < 4.78 is 0. The van der Waals surface area contributed by atoms with Crippen molar-refractivity contribution in [1.29, 1.82) is 0 Å². The molecule has 1 aromatic rings. The molecular formula is C18H27N3O2. The Morgan fingerprint density at radius 2 is 1.70 bits per heavy atom. The number of likely N-dealkylation sites (tertiary alicyclic amines) is 1. The number of hydrogen-bond acceptors (Lipinski definition) is 3. The fourth-order valence-corrected chi connectivity index (χ4v) is 3.11. The van der Waals surface area contributed by atoms with E-state index in [1.807, 2.05) is 57.1 Å². The van der Waals surface area contributed by atoms with Crippen LogP contribution in [0.25, 0.3) is 0 Å². The van der Waals surface area contributed by atoms with Crippen molar-refractivity contribution < 1.29 is 9.59 Å². The Bertz CT molecular complexity index is 544. The molecule has 2 atom stereocenters. The van der Waals surface area contributed by atoms with E-state index in [4.69, 9.17) is 0 Å². The van der Waals surface area contributed by atoms with Crippen molar-refractivity contribution in [1.82, 2.24) is 10.2 Å². The monoisotopic (exact) mass is 317 g/mol. The normalized spacial score (nSPS) is 21.0. The van der Waals surface area contributed by atoms with E-state index >= 15 is 0 Å². The highest BCUT2D eigenvalue weighted by Gasteiger charge is 2.32. The van der Waals surface area contributed by atoms with Crippen molar-refractivity contribution in [2.24, 2.45) is 0 Å². The lowest BCUT2D eigenvalue weighted by atomic mass is 9.97. The molecule has 0 aromatic heterocycles. The van der Waals surface area contributed by atoms with Crippen LogP contribution < -0.4 is 10.2 Å². The van der Waals surface area contributed by atoms with E-state index < -0.39 is 11.8 Å². The molecule has 2 amide bonds. The predicted octanol–water partition coefficient (Wildman–Crippen LogP) is 2.16. The number of carbonyl (C=O) groups excluding carboxylic acids is 2. The first kappa shape index (κ1) is 17.3. The van der Waals surface area contributed by atoms with Gasteiger partial charge in [0.15, 0.2) is 0 Å². The van der Waals surface area contributed by atoms with Gasteiger partial charge in [-0.15, -0.1) is 0 Å². The van der Waals surface area contributed by atoms with Gasteiger partial charge < -0.3 is 15.1 Å². The smallest absolute Gasteiger partial charge is 0.312 e. The molecule has 0 aliphatic carbocycles. The van der Waals surface area contributed by atoms with Crippen LogP contribution in [-0.4, -0.2) is 42.9 Å². The van der Waals surface area contributed by atoms with Gasteiger partial charge in [0.25, 0.3) is 0 Å². The lowest BCUT2D eigenvalue weighted by Crippen LogP contribution is -2.52. The fourth-order valence-electron chi connectivity index (χ4n) is 3.11. The average Bonchev–Trinajstić information content (AvgIpc) is 2.52. The Balaban J connectivity index is 1.92. The zero-order valence-electron chi connectivity index (χ0n) is 14.5. The summed E-state index contributed by atoms with van der Waals surface area (Å²) in [4.78, 5) is 28.3. The van der Waals surface area contributed by atoms with Gasteiger partial charge in [0.05, 0.1) is 0 Å². The summed E-state index contributed by atoms with van der Waals surface area (Å²) in [6, 6.07) is 8.20. The highest BCUT2D eigenvalue weighted by Crippen LogP contribution is 2.22. The highest BCUT2D eigenvalue weighted by molar-refractivity contribution is 6.35. The summed E-state index contributed by atoms with van der Waals surface area (Å²) >= 11 is 0. The number of amides is 2. The van der Waals surface area contributed by atoms with Crippen molar-refractivity contribution in [2.45, 2.75) is 51.7 Å². The van der Waals surface area contributed by atoms with Crippen LogP contribution in [0.15, 0.2) is 24.3 Å². The third-order valence-electron chi connectivity index (χ3n) is 4.53. The van der Waals surface area contributed by atoms with E-state index in [1.54, 1.807) is 4.90 Å². The highest BCUT2D eigenvalue weighted by atomic mass is 16.2. The van der Waals surface area contributed by atoms with Crippen LogP contribution in [0.1, 0.15) is 38.7 Å². The van der Waals surface area contributed by atoms with Gasteiger partial charge in [-0.1, -0.05) is 12.1 Å². The molecular weight excluding hydrogens is 290 g/mol. The number of nitrogens with zero attached hydrogens (tertiary/aromatic N) is 2. The first-order valence-electron chi connectivity index (χ1n) is 8.27. The zero-order valence-corrected chi connectivity index (χ0v) is 14.5. The molecule has 1 heterocycles. The van der Waals surface area contributed by atoms with E-state index in [2.05, 4.69) is 5.32 Å². The van der Waals surface area contributed by atoms with Crippen LogP contribution in [0.3, 0.4) is 0 Å². The number of rotatable bonds is 3. The first-order chi connectivity index (χ1) is 10.9. The van der Waals surface area contributed by atoms with E-state index in [0.29, 0.717) is 6.54 Å². The predicted molar refractivity (Wildman–Crippen MR) is 92.2 cm³/mol. The van der Waals surface area contributed by atoms with Crippen LogP contribution in [0.2, 0.25) is 0 Å². The van der Waals surface area contributed by atoms with Gasteiger partial charge in [0, 0.05) is 38.4 Å². The number of piperidine rings is 1. The summed E-state index contributed by atoms with van der Waals surface area (Å²) in [5.41, 5.74) is 2.09. The third-order valence-corrected chi connectivity index (χ3v) is 4.53. The summed E-state index contributed by atoms with van der Waals surface area (Å²) in [5, 5.41) is 2.74. The molecule has 0 bridgehead atoms. The molecule has 0 saturated carbocycles. The molecule has 5 nitrogen and oxygen atoms in total. The number of hydrogen-bond donors (Lipinski definition) is 1. The van der Waals surface area contributed by atoms with Crippen molar-refractivity contribution in [2.75, 3.05) is 19.0 Å². The zero-order chi connectivity index (χ0) is 17.0. The van der Waals surface area contributed by atoms with Crippen molar-refractivity contribution in [3.05, 3.63) is 29.8 Å². The first-order valence-corrected chi connectivity index (χ1v) is 8.27. The maximum Gasteiger partial charge on any atom is 0.312 e. The lowest BCUT2D eigenvalue weighted by Gasteiger charge is -2.38. The maximum absolute atomic E-state index is 12.4. The Morgan fingerprint density at radius 1 is 1.13 bits per heavy atom. The number of nitrogens with one attached hydrogen (secondary N) is 1. The average molecular weight is 317 g/mol. The summed E-state index contributed by atoms with van der Waals surface area (Å²) in [6.45, 7) is 4.40. The van der Waals surface area contributed by atoms with Gasteiger partial charge in [-0.3, -0.25) is 9.59 Å². The second-order valence-corrected chi connectivity index (χ2v) is 6.58. The standard InChI is InChI=1S/C18H27N3O2/c1-13-6-5-7-14(2)21(13)18(23)17(22)19-12-15-8-10-16(11-9-15)20(3)4/h8-11,13-14H,5-7,12H2,1-4H3,(H,19,22)/t13-,14-/m1/s1. The second-order valence-electron chi connectivity index (χ2n) is 6.58.